The normalized spacial score (nSPS) is 27.8. The molecule has 1 aromatic rings. The van der Waals surface area contributed by atoms with Gasteiger partial charge in [0.05, 0.1) is 6.61 Å². The van der Waals surface area contributed by atoms with Gasteiger partial charge in [0.1, 0.15) is 6.10 Å². The molecule has 2 saturated carbocycles. The molecule has 0 amide bonds. The van der Waals surface area contributed by atoms with Crippen molar-refractivity contribution in [1.29, 1.82) is 0 Å². The molecule has 0 heterocycles. The number of halogens is 2. The van der Waals surface area contributed by atoms with Crippen LogP contribution in [-0.2, 0) is 11.3 Å². The first-order chi connectivity index (χ1) is 15.6. The summed E-state index contributed by atoms with van der Waals surface area (Å²) in [5.74, 6) is 2.11. The lowest BCUT2D eigenvalue weighted by Gasteiger charge is -2.32. The fourth-order valence-corrected chi connectivity index (χ4v) is 5.90. The highest BCUT2D eigenvalue weighted by atomic mass is 19.3. The number of benzene rings is 1. The smallest absolute Gasteiger partial charge is 0.264 e. The molecule has 0 saturated heterocycles. The Morgan fingerprint density at radius 3 is 2.22 bits per heavy atom. The molecule has 3 heteroatoms. The molecule has 0 N–H and O–H groups in total. The van der Waals surface area contributed by atoms with Gasteiger partial charge in [0, 0.05) is 0 Å². The summed E-state index contributed by atoms with van der Waals surface area (Å²) in [5, 5.41) is 0. The predicted octanol–water partition coefficient (Wildman–Crippen LogP) is 9.07. The first-order valence-corrected chi connectivity index (χ1v) is 13.2. The third kappa shape index (κ3) is 7.68. The van der Waals surface area contributed by atoms with Crippen LogP contribution >= 0.6 is 0 Å². The number of ether oxygens (including phenoxy) is 1. The standard InChI is InChI=1S/C29H44F2O/c1-3-5-6-8-23-9-15-25(16-10-23)26-17-13-24(14-18-26)21-32-28(29(30)31)27-19-11-22(7-4-2)12-20-27/h4,7,13-14,17-18,22-23,25,27-29H,3,5-6,8-12,15-16,19-21H2,1-2H3/b7-4+. The van der Waals surface area contributed by atoms with Gasteiger partial charge in [-0.25, -0.2) is 8.78 Å². The van der Waals surface area contributed by atoms with Gasteiger partial charge in [-0.1, -0.05) is 69.0 Å². The van der Waals surface area contributed by atoms with E-state index in [9.17, 15) is 8.78 Å². The summed E-state index contributed by atoms with van der Waals surface area (Å²) in [6, 6.07) is 8.60. The Bertz CT molecular complexity index is 652. The summed E-state index contributed by atoms with van der Waals surface area (Å²) >= 11 is 0. The third-order valence-electron chi connectivity index (χ3n) is 7.95. The van der Waals surface area contributed by atoms with E-state index in [1.54, 1.807) is 0 Å². The molecule has 2 aliphatic rings. The first kappa shape index (κ1) is 25.4. The molecule has 1 aromatic carbocycles. The molecule has 3 rings (SSSR count). The minimum absolute atomic E-state index is 0.0247. The summed E-state index contributed by atoms with van der Waals surface area (Å²) in [6.45, 7) is 4.59. The number of allylic oxidation sites excluding steroid dienone is 2. The molecular weight excluding hydrogens is 402 g/mol. The average molecular weight is 447 g/mol. The van der Waals surface area contributed by atoms with Crippen molar-refractivity contribution in [3.63, 3.8) is 0 Å². The molecule has 2 aliphatic carbocycles. The first-order valence-electron chi connectivity index (χ1n) is 13.2. The van der Waals surface area contributed by atoms with Crippen molar-refractivity contribution in [2.24, 2.45) is 17.8 Å². The van der Waals surface area contributed by atoms with Crippen LogP contribution in [-0.4, -0.2) is 12.5 Å². The monoisotopic (exact) mass is 446 g/mol. The Morgan fingerprint density at radius 2 is 1.62 bits per heavy atom. The zero-order valence-corrected chi connectivity index (χ0v) is 20.3. The second-order valence-corrected chi connectivity index (χ2v) is 10.3. The molecule has 0 aromatic heterocycles. The maximum Gasteiger partial charge on any atom is 0.264 e. The van der Waals surface area contributed by atoms with E-state index in [0.717, 1.165) is 37.2 Å². The van der Waals surface area contributed by atoms with Crippen molar-refractivity contribution < 1.29 is 13.5 Å². The van der Waals surface area contributed by atoms with Gasteiger partial charge in [-0.15, -0.1) is 0 Å². The lowest BCUT2D eigenvalue weighted by molar-refractivity contribution is -0.101. The molecule has 180 valence electrons. The minimum Gasteiger partial charge on any atom is -0.367 e. The molecule has 0 spiro atoms. The number of hydrogen-bond donors (Lipinski definition) is 0. The largest absolute Gasteiger partial charge is 0.367 e. The van der Waals surface area contributed by atoms with Crippen LogP contribution in [0.5, 0.6) is 0 Å². The summed E-state index contributed by atoms with van der Waals surface area (Å²) in [5.41, 5.74) is 2.42. The third-order valence-corrected chi connectivity index (χ3v) is 7.95. The fourth-order valence-electron chi connectivity index (χ4n) is 5.90. The summed E-state index contributed by atoms with van der Waals surface area (Å²) in [6.07, 6.45) is 15.4. The van der Waals surface area contributed by atoms with Crippen LogP contribution in [0.25, 0.3) is 0 Å². The molecule has 1 unspecified atom stereocenters. The Balaban J connectivity index is 1.44. The topological polar surface area (TPSA) is 9.23 Å². The van der Waals surface area contributed by atoms with Crippen molar-refractivity contribution >= 4 is 0 Å². The van der Waals surface area contributed by atoms with Crippen molar-refractivity contribution in [2.75, 3.05) is 0 Å². The maximum absolute atomic E-state index is 13.7. The van der Waals surface area contributed by atoms with Crippen molar-refractivity contribution in [3.05, 3.63) is 47.5 Å². The van der Waals surface area contributed by atoms with Gasteiger partial charge in [-0.05, 0) is 93.1 Å². The Kier molecular flexibility index (Phi) is 10.7. The number of rotatable bonds is 11. The highest BCUT2D eigenvalue weighted by Crippen LogP contribution is 2.38. The van der Waals surface area contributed by atoms with E-state index < -0.39 is 12.5 Å². The van der Waals surface area contributed by atoms with Gasteiger partial charge >= 0.3 is 0 Å². The Morgan fingerprint density at radius 1 is 0.938 bits per heavy atom. The maximum atomic E-state index is 13.7. The van der Waals surface area contributed by atoms with E-state index in [1.165, 1.54) is 56.9 Å². The molecule has 32 heavy (non-hydrogen) atoms. The summed E-state index contributed by atoms with van der Waals surface area (Å²) in [4.78, 5) is 0. The summed E-state index contributed by atoms with van der Waals surface area (Å²) in [7, 11) is 0. The predicted molar refractivity (Wildman–Crippen MR) is 130 cm³/mol. The van der Waals surface area contributed by atoms with Crippen LogP contribution in [0.3, 0.4) is 0 Å². The van der Waals surface area contributed by atoms with E-state index in [4.69, 9.17) is 4.74 Å². The van der Waals surface area contributed by atoms with E-state index in [1.807, 2.05) is 6.92 Å². The van der Waals surface area contributed by atoms with E-state index in [0.29, 0.717) is 11.8 Å². The van der Waals surface area contributed by atoms with Crippen LogP contribution in [0.2, 0.25) is 0 Å². The number of hydrogen-bond acceptors (Lipinski definition) is 1. The van der Waals surface area contributed by atoms with Crippen LogP contribution in [0.1, 0.15) is 108 Å². The van der Waals surface area contributed by atoms with Crippen LogP contribution < -0.4 is 0 Å². The van der Waals surface area contributed by atoms with Gasteiger partial charge in [-0.3, -0.25) is 0 Å². The highest BCUT2D eigenvalue weighted by Gasteiger charge is 2.33. The quantitative estimate of drug-likeness (QED) is 0.243. The molecule has 1 atom stereocenters. The molecule has 0 radical (unpaired) electrons. The van der Waals surface area contributed by atoms with Gasteiger partial charge in [0.2, 0.25) is 0 Å². The zero-order chi connectivity index (χ0) is 22.8. The molecule has 0 bridgehead atoms. The Hall–Kier alpha value is -1.22. The van der Waals surface area contributed by atoms with E-state index in [-0.39, 0.29) is 12.5 Å². The number of unbranched alkanes of at least 4 members (excludes halogenated alkanes) is 2. The highest BCUT2D eigenvalue weighted by molar-refractivity contribution is 5.25. The lowest BCUT2D eigenvalue weighted by Crippen LogP contribution is -2.33. The fraction of sp³-hybridized carbons (Fsp3) is 0.724. The van der Waals surface area contributed by atoms with Crippen LogP contribution in [0.4, 0.5) is 8.78 Å². The van der Waals surface area contributed by atoms with Crippen molar-refractivity contribution in [3.8, 4) is 0 Å². The molecule has 2 fully saturated rings. The number of alkyl halides is 2. The minimum atomic E-state index is -2.41. The Labute approximate surface area is 195 Å². The second-order valence-electron chi connectivity index (χ2n) is 10.3. The molecular formula is C29H44F2O. The van der Waals surface area contributed by atoms with Gasteiger partial charge in [0.25, 0.3) is 6.43 Å². The van der Waals surface area contributed by atoms with Gasteiger partial charge in [-0.2, -0.15) is 0 Å². The zero-order valence-electron chi connectivity index (χ0n) is 20.3. The van der Waals surface area contributed by atoms with Crippen molar-refractivity contribution in [2.45, 2.75) is 116 Å². The van der Waals surface area contributed by atoms with Gasteiger partial charge < -0.3 is 4.74 Å². The van der Waals surface area contributed by atoms with Crippen LogP contribution in [0, 0.1) is 17.8 Å². The van der Waals surface area contributed by atoms with Gasteiger partial charge in [0.15, 0.2) is 0 Å². The van der Waals surface area contributed by atoms with Crippen molar-refractivity contribution in [1.82, 2.24) is 0 Å². The lowest BCUT2D eigenvalue weighted by atomic mass is 9.77. The average Bonchev–Trinajstić information content (AvgIpc) is 2.81. The SMILES string of the molecule is C/C=C/C1CCC(C(OCc2ccc(C3CCC(CCCCC)CC3)cc2)C(F)F)CC1. The molecule has 0 aliphatic heterocycles. The van der Waals surface area contributed by atoms with Crippen LogP contribution in [0.15, 0.2) is 36.4 Å². The van der Waals surface area contributed by atoms with E-state index >= 15 is 0 Å². The second kappa shape index (κ2) is 13.5. The summed E-state index contributed by atoms with van der Waals surface area (Å²) < 4.78 is 33.3. The molecule has 1 nitrogen and oxygen atoms in total. The van der Waals surface area contributed by atoms with E-state index in [2.05, 4.69) is 43.3 Å².